The van der Waals surface area contributed by atoms with Crippen molar-refractivity contribution < 1.29 is 18.3 Å². The number of hydrogen-bond acceptors (Lipinski definition) is 4. The molecule has 3 N–H and O–H groups in total. The molecule has 1 heterocycles. The molecule has 1 aromatic heterocycles. The lowest BCUT2D eigenvalue weighted by molar-refractivity contribution is -0.272. The van der Waals surface area contributed by atoms with Crippen molar-refractivity contribution in [1.82, 2.24) is 25.1 Å². The highest BCUT2D eigenvalue weighted by Crippen LogP contribution is 2.40. The zero-order valence-corrected chi connectivity index (χ0v) is 21.5. The highest BCUT2D eigenvalue weighted by atomic mass is 127. The number of alkyl halides is 3. The summed E-state index contributed by atoms with van der Waals surface area (Å²) in [5.74, 6) is 0.00475. The molecule has 11 heteroatoms. The summed E-state index contributed by atoms with van der Waals surface area (Å²) in [7, 11) is 1.42. The van der Waals surface area contributed by atoms with Crippen LogP contribution in [-0.2, 0) is 12.6 Å². The van der Waals surface area contributed by atoms with Gasteiger partial charge in [0, 0.05) is 45.0 Å². The predicted octanol–water partition coefficient (Wildman–Crippen LogP) is 3.24. The molecule has 0 aliphatic rings. The van der Waals surface area contributed by atoms with Crippen molar-refractivity contribution in [1.29, 1.82) is 0 Å². The number of aryl methyl sites for hydroxylation is 1. The number of halogens is 4. The Morgan fingerprint density at radius 3 is 2.42 bits per heavy atom. The topological polar surface area (TPSA) is 77.7 Å². The van der Waals surface area contributed by atoms with E-state index >= 15 is 0 Å². The van der Waals surface area contributed by atoms with Crippen molar-refractivity contribution >= 4 is 29.9 Å². The first-order valence-electron chi connectivity index (χ1n) is 10.6. The van der Waals surface area contributed by atoms with E-state index in [-0.39, 0.29) is 36.6 Å². The Hall–Kier alpha value is -1.08. The first-order valence-corrected chi connectivity index (χ1v) is 10.6. The fourth-order valence-electron chi connectivity index (χ4n) is 3.26. The van der Waals surface area contributed by atoms with Gasteiger partial charge in [-0.2, -0.15) is 13.2 Å². The van der Waals surface area contributed by atoms with Gasteiger partial charge in [0.25, 0.3) is 0 Å². The van der Waals surface area contributed by atoms with Crippen LogP contribution in [0.5, 0.6) is 0 Å². The van der Waals surface area contributed by atoms with Gasteiger partial charge in [0.2, 0.25) is 5.60 Å². The number of hydrogen-bond donors (Lipinski definition) is 3. The van der Waals surface area contributed by atoms with Crippen LogP contribution in [-0.4, -0.2) is 70.5 Å². The van der Waals surface area contributed by atoms with E-state index in [9.17, 15) is 18.3 Å². The zero-order chi connectivity index (χ0) is 22.8. The highest BCUT2D eigenvalue weighted by Gasteiger charge is 2.57. The fourth-order valence-corrected chi connectivity index (χ4v) is 3.26. The van der Waals surface area contributed by atoms with E-state index in [1.165, 1.54) is 24.0 Å². The van der Waals surface area contributed by atoms with Gasteiger partial charge in [-0.15, -0.1) is 24.0 Å². The van der Waals surface area contributed by atoms with Gasteiger partial charge < -0.3 is 25.2 Å². The lowest BCUT2D eigenvalue weighted by Crippen LogP contribution is -2.46. The van der Waals surface area contributed by atoms with Gasteiger partial charge in [0.05, 0.1) is 0 Å². The lowest BCUT2D eigenvalue weighted by atomic mass is 9.98. The largest absolute Gasteiger partial charge is 0.424 e. The Labute approximate surface area is 200 Å². The van der Waals surface area contributed by atoms with E-state index in [2.05, 4.69) is 39.4 Å². The molecule has 0 spiro atoms. The summed E-state index contributed by atoms with van der Waals surface area (Å²) in [6, 6.07) is 0.120. The van der Waals surface area contributed by atoms with Crippen LogP contribution in [0.3, 0.4) is 0 Å². The maximum atomic E-state index is 13.6. The quantitative estimate of drug-likeness (QED) is 0.207. The molecule has 31 heavy (non-hydrogen) atoms. The number of imidazole rings is 1. The SMILES string of the molecule is CCNC(=NCCC(O)(c1nccn1C)C(F)(F)F)NC(C)CCCN(CC)CC.I. The van der Waals surface area contributed by atoms with E-state index in [1.807, 2.05) is 13.8 Å². The summed E-state index contributed by atoms with van der Waals surface area (Å²) in [4.78, 5) is 10.3. The second-order valence-electron chi connectivity index (χ2n) is 7.44. The molecule has 0 saturated heterocycles. The molecule has 0 saturated carbocycles. The molecule has 0 bridgehead atoms. The zero-order valence-electron chi connectivity index (χ0n) is 19.2. The molecule has 0 radical (unpaired) electrons. The van der Waals surface area contributed by atoms with Gasteiger partial charge >= 0.3 is 6.18 Å². The molecule has 0 aliphatic carbocycles. The van der Waals surface area contributed by atoms with Crippen molar-refractivity contribution in [2.24, 2.45) is 12.0 Å². The second-order valence-corrected chi connectivity index (χ2v) is 7.44. The van der Waals surface area contributed by atoms with Crippen LogP contribution in [0.2, 0.25) is 0 Å². The number of aliphatic hydroxyl groups is 1. The molecule has 1 aromatic rings. The number of rotatable bonds is 12. The Balaban J connectivity index is 0.00000900. The maximum Gasteiger partial charge on any atom is 0.424 e. The van der Waals surface area contributed by atoms with Gasteiger partial charge in [-0.3, -0.25) is 4.99 Å². The number of guanidine groups is 1. The van der Waals surface area contributed by atoms with E-state index in [0.717, 1.165) is 32.5 Å². The maximum absolute atomic E-state index is 13.6. The van der Waals surface area contributed by atoms with Crippen LogP contribution in [0.1, 0.15) is 52.8 Å². The summed E-state index contributed by atoms with van der Waals surface area (Å²) in [6.45, 7) is 11.6. The third kappa shape index (κ3) is 9.13. The summed E-state index contributed by atoms with van der Waals surface area (Å²) < 4.78 is 42.0. The molecule has 7 nitrogen and oxygen atoms in total. The van der Waals surface area contributed by atoms with Crippen LogP contribution in [0.4, 0.5) is 13.2 Å². The van der Waals surface area contributed by atoms with Crippen molar-refractivity contribution in [3.05, 3.63) is 18.2 Å². The van der Waals surface area contributed by atoms with Crippen LogP contribution in [0.15, 0.2) is 17.4 Å². The highest BCUT2D eigenvalue weighted by molar-refractivity contribution is 14.0. The minimum Gasteiger partial charge on any atom is -0.374 e. The average Bonchev–Trinajstić information content (AvgIpc) is 3.10. The number of aliphatic imine (C=N–C) groups is 1. The molecular weight excluding hydrogens is 524 g/mol. The first kappa shape index (κ1) is 29.9. The Kier molecular flexibility index (Phi) is 13.7. The molecular formula is C20H38F3IN6O. The standard InChI is InChI=1S/C20H37F3N6O.HI/c1-6-24-18(27-16(4)10-9-14-29(7-2)8-3)26-12-11-19(30,20(21,22)23)17-25-13-15-28(17)5;/h13,15-16,30H,6-12,14H2,1-5H3,(H2,24,26,27);1H. The predicted molar refractivity (Wildman–Crippen MR) is 129 cm³/mol. The Morgan fingerprint density at radius 1 is 1.29 bits per heavy atom. The van der Waals surface area contributed by atoms with Crippen LogP contribution >= 0.6 is 24.0 Å². The first-order chi connectivity index (χ1) is 14.1. The van der Waals surface area contributed by atoms with E-state index in [0.29, 0.717) is 12.5 Å². The van der Waals surface area contributed by atoms with Gasteiger partial charge in [-0.05, 0) is 46.3 Å². The van der Waals surface area contributed by atoms with Gasteiger partial charge in [-0.1, -0.05) is 13.8 Å². The Morgan fingerprint density at radius 2 is 1.94 bits per heavy atom. The average molecular weight is 562 g/mol. The summed E-state index contributed by atoms with van der Waals surface area (Å²) in [6.07, 6.45) is -0.927. The minimum atomic E-state index is -4.86. The fraction of sp³-hybridized carbons (Fsp3) is 0.800. The lowest BCUT2D eigenvalue weighted by Gasteiger charge is -2.29. The molecule has 0 fully saturated rings. The molecule has 2 atom stereocenters. The normalized spacial score (nSPS) is 15.4. The molecule has 0 aliphatic heterocycles. The van der Waals surface area contributed by atoms with Crippen LogP contribution < -0.4 is 10.6 Å². The smallest absolute Gasteiger partial charge is 0.374 e. The van der Waals surface area contributed by atoms with Crippen molar-refractivity contribution in [3.8, 4) is 0 Å². The third-order valence-corrected chi connectivity index (χ3v) is 5.14. The third-order valence-electron chi connectivity index (χ3n) is 5.14. The van der Waals surface area contributed by atoms with Crippen LogP contribution in [0.25, 0.3) is 0 Å². The summed E-state index contributed by atoms with van der Waals surface area (Å²) in [5.41, 5.74) is -3.05. The molecule has 0 aromatic carbocycles. The van der Waals surface area contributed by atoms with Gasteiger partial charge in [0.1, 0.15) is 5.82 Å². The minimum absolute atomic E-state index is 0. The van der Waals surface area contributed by atoms with Gasteiger partial charge in [0.15, 0.2) is 5.96 Å². The molecule has 0 amide bonds. The van der Waals surface area contributed by atoms with E-state index in [1.54, 1.807) is 0 Å². The number of nitrogens with one attached hydrogen (secondary N) is 2. The molecule has 2 unspecified atom stereocenters. The second kappa shape index (κ2) is 14.1. The van der Waals surface area contributed by atoms with Crippen LogP contribution in [0, 0.1) is 0 Å². The molecule has 1 rings (SSSR count). The van der Waals surface area contributed by atoms with Crippen molar-refractivity contribution in [3.63, 3.8) is 0 Å². The summed E-state index contributed by atoms with van der Waals surface area (Å²) in [5, 5.41) is 16.7. The van der Waals surface area contributed by atoms with E-state index in [4.69, 9.17) is 0 Å². The monoisotopic (exact) mass is 562 g/mol. The van der Waals surface area contributed by atoms with Gasteiger partial charge in [-0.25, -0.2) is 4.98 Å². The molecule has 182 valence electrons. The van der Waals surface area contributed by atoms with Crippen molar-refractivity contribution in [2.75, 3.05) is 32.7 Å². The number of nitrogens with zero attached hydrogens (tertiary/aromatic N) is 4. The summed E-state index contributed by atoms with van der Waals surface area (Å²) >= 11 is 0. The van der Waals surface area contributed by atoms with E-state index < -0.39 is 24.0 Å². The number of aromatic nitrogens is 2. The Bertz CT molecular complexity index is 651. The van der Waals surface area contributed by atoms with Crippen molar-refractivity contribution in [2.45, 2.75) is 64.8 Å².